The third kappa shape index (κ3) is 4.57. The molecule has 1 aliphatic heterocycles. The van der Waals surface area contributed by atoms with Crippen molar-refractivity contribution in [2.24, 2.45) is 0 Å². The molecule has 0 atom stereocenters. The molecule has 0 radical (unpaired) electrons. The minimum Gasteiger partial charge on any atom is -0.495 e. The molecule has 10 heteroatoms. The molecule has 0 amide bonds. The molecule has 0 saturated carbocycles. The van der Waals surface area contributed by atoms with Gasteiger partial charge in [0.1, 0.15) is 5.75 Å². The highest BCUT2D eigenvalue weighted by molar-refractivity contribution is 7.90. The lowest BCUT2D eigenvalue weighted by Crippen LogP contribution is -2.36. The van der Waals surface area contributed by atoms with Gasteiger partial charge in [0.05, 0.1) is 22.8 Å². The van der Waals surface area contributed by atoms with Gasteiger partial charge in [0.15, 0.2) is 0 Å². The van der Waals surface area contributed by atoms with Crippen molar-refractivity contribution in [3.63, 3.8) is 0 Å². The number of benzene rings is 1. The van der Waals surface area contributed by atoms with E-state index < -0.39 is 20.0 Å². The Balaban J connectivity index is 2.00. The van der Waals surface area contributed by atoms with Crippen LogP contribution in [0.15, 0.2) is 23.1 Å². The monoisotopic (exact) mass is 382 g/mol. The van der Waals surface area contributed by atoms with E-state index in [-0.39, 0.29) is 22.2 Å². The fourth-order valence-electron chi connectivity index (χ4n) is 2.30. The number of hydrogen-bond acceptors (Lipinski definition) is 5. The van der Waals surface area contributed by atoms with E-state index in [9.17, 15) is 16.8 Å². The zero-order valence-electron chi connectivity index (χ0n) is 12.7. The van der Waals surface area contributed by atoms with Crippen LogP contribution in [0, 0.1) is 0 Å². The molecular weight excluding hydrogens is 364 g/mol. The Kier molecular flexibility index (Phi) is 5.90. The first kappa shape index (κ1) is 18.5. The molecule has 23 heavy (non-hydrogen) atoms. The molecule has 1 fully saturated rings. The Morgan fingerprint density at radius 2 is 1.87 bits per heavy atom. The fourth-order valence-corrected chi connectivity index (χ4v) is 5.24. The molecular formula is C13H19ClN2O5S2. The summed E-state index contributed by atoms with van der Waals surface area (Å²) in [5.41, 5.74) is 0. The Morgan fingerprint density at radius 3 is 2.43 bits per heavy atom. The summed E-state index contributed by atoms with van der Waals surface area (Å²) < 4.78 is 57.1. The molecule has 1 aliphatic rings. The summed E-state index contributed by atoms with van der Waals surface area (Å²) >= 11 is 5.91. The number of ether oxygens (including phenoxy) is 1. The topological polar surface area (TPSA) is 92.8 Å². The predicted octanol–water partition coefficient (Wildman–Crippen LogP) is 1.05. The first-order valence-electron chi connectivity index (χ1n) is 7.07. The van der Waals surface area contributed by atoms with Crippen LogP contribution in [0.25, 0.3) is 0 Å². The van der Waals surface area contributed by atoms with Gasteiger partial charge in [0.2, 0.25) is 20.0 Å². The number of hydrogen-bond donors (Lipinski definition) is 1. The van der Waals surface area contributed by atoms with Crippen LogP contribution in [-0.4, -0.2) is 53.6 Å². The highest BCUT2D eigenvalue weighted by atomic mass is 35.5. The van der Waals surface area contributed by atoms with Crippen molar-refractivity contribution in [2.75, 3.05) is 32.5 Å². The molecule has 1 aromatic carbocycles. The van der Waals surface area contributed by atoms with E-state index >= 15 is 0 Å². The van der Waals surface area contributed by atoms with Gasteiger partial charge >= 0.3 is 0 Å². The highest BCUT2D eigenvalue weighted by Crippen LogP contribution is 2.26. The van der Waals surface area contributed by atoms with Gasteiger partial charge in [-0.2, -0.15) is 0 Å². The molecule has 0 unspecified atom stereocenters. The van der Waals surface area contributed by atoms with Gasteiger partial charge in [0.25, 0.3) is 0 Å². The largest absolute Gasteiger partial charge is 0.495 e. The van der Waals surface area contributed by atoms with Crippen LogP contribution in [0.3, 0.4) is 0 Å². The lowest BCUT2D eigenvalue weighted by molar-refractivity contribution is 0.414. The van der Waals surface area contributed by atoms with E-state index in [0.29, 0.717) is 18.8 Å². The molecule has 0 aliphatic carbocycles. The summed E-state index contributed by atoms with van der Waals surface area (Å²) in [6, 6.07) is 4.05. The second kappa shape index (κ2) is 7.35. The minimum atomic E-state index is -3.83. The van der Waals surface area contributed by atoms with Gasteiger partial charge < -0.3 is 4.74 Å². The van der Waals surface area contributed by atoms with Crippen LogP contribution in [-0.2, 0) is 20.0 Å². The molecule has 0 bridgehead atoms. The quantitative estimate of drug-likeness (QED) is 0.760. The summed E-state index contributed by atoms with van der Waals surface area (Å²) in [5.74, 6) is 0.0954. The summed E-state index contributed by atoms with van der Waals surface area (Å²) in [6.07, 6.45) is 1.69. The average Bonchev–Trinajstić information content (AvgIpc) is 3.01. The third-order valence-electron chi connectivity index (χ3n) is 3.54. The smallest absolute Gasteiger partial charge is 0.240 e. The first-order chi connectivity index (χ1) is 10.8. The van der Waals surface area contributed by atoms with Crippen molar-refractivity contribution >= 4 is 31.6 Å². The Labute approximate surface area is 141 Å². The zero-order chi connectivity index (χ0) is 17.1. The summed E-state index contributed by atoms with van der Waals surface area (Å²) in [6.45, 7) is 0.817. The summed E-state index contributed by atoms with van der Waals surface area (Å²) in [7, 11) is -5.82. The number of sulfonamides is 2. The van der Waals surface area contributed by atoms with Crippen molar-refractivity contribution in [2.45, 2.75) is 17.7 Å². The Bertz CT molecular complexity index is 759. The summed E-state index contributed by atoms with van der Waals surface area (Å²) in [4.78, 5) is -0.0399. The molecule has 130 valence electrons. The fraction of sp³-hybridized carbons (Fsp3) is 0.538. The van der Waals surface area contributed by atoms with E-state index in [2.05, 4.69) is 4.72 Å². The lowest BCUT2D eigenvalue weighted by Gasteiger charge is -2.15. The lowest BCUT2D eigenvalue weighted by atomic mass is 10.3. The predicted molar refractivity (Wildman–Crippen MR) is 87.8 cm³/mol. The molecule has 2 rings (SSSR count). The van der Waals surface area contributed by atoms with Gasteiger partial charge in [-0.15, -0.1) is 0 Å². The van der Waals surface area contributed by atoms with Crippen molar-refractivity contribution in [1.82, 2.24) is 9.03 Å². The van der Waals surface area contributed by atoms with Gasteiger partial charge in [0, 0.05) is 19.6 Å². The Hall–Kier alpha value is -0.870. The van der Waals surface area contributed by atoms with Gasteiger partial charge in [-0.3, -0.25) is 0 Å². The molecule has 1 saturated heterocycles. The molecule has 1 heterocycles. The number of halogens is 1. The molecule has 0 spiro atoms. The van der Waals surface area contributed by atoms with E-state index in [1.165, 1.54) is 29.6 Å². The van der Waals surface area contributed by atoms with Gasteiger partial charge in [-0.25, -0.2) is 25.9 Å². The second-order valence-electron chi connectivity index (χ2n) is 5.12. The van der Waals surface area contributed by atoms with Crippen LogP contribution in [0.2, 0.25) is 5.02 Å². The van der Waals surface area contributed by atoms with Gasteiger partial charge in [-0.1, -0.05) is 11.6 Å². The summed E-state index contributed by atoms with van der Waals surface area (Å²) in [5, 5.41) is 0.167. The molecule has 1 N–H and O–H groups in total. The number of nitrogens with one attached hydrogen (secondary N) is 1. The standard InChI is InChI=1S/C13H19ClN2O5S2/c1-21-13-5-4-11(10-12(13)14)23(19,20)15-6-9-22(17,18)16-7-2-3-8-16/h4-5,10,15H,2-3,6-9H2,1H3. The number of methoxy groups -OCH3 is 1. The van der Waals surface area contributed by atoms with Crippen molar-refractivity contribution in [3.8, 4) is 5.75 Å². The third-order valence-corrected chi connectivity index (χ3v) is 7.17. The number of rotatable bonds is 7. The van der Waals surface area contributed by atoms with Crippen molar-refractivity contribution < 1.29 is 21.6 Å². The minimum absolute atomic E-state index is 0.0399. The molecule has 0 aromatic heterocycles. The maximum absolute atomic E-state index is 12.2. The molecule has 1 aromatic rings. The zero-order valence-corrected chi connectivity index (χ0v) is 15.0. The van der Waals surface area contributed by atoms with Crippen molar-refractivity contribution in [1.29, 1.82) is 0 Å². The second-order valence-corrected chi connectivity index (χ2v) is 9.38. The van der Waals surface area contributed by atoms with Crippen LogP contribution in [0.5, 0.6) is 5.75 Å². The van der Waals surface area contributed by atoms with E-state index in [4.69, 9.17) is 16.3 Å². The van der Waals surface area contributed by atoms with E-state index in [1.807, 2.05) is 0 Å². The van der Waals surface area contributed by atoms with E-state index in [0.717, 1.165) is 12.8 Å². The maximum atomic E-state index is 12.2. The molecule has 7 nitrogen and oxygen atoms in total. The van der Waals surface area contributed by atoms with Crippen LogP contribution < -0.4 is 9.46 Å². The number of nitrogens with zero attached hydrogens (tertiary/aromatic N) is 1. The van der Waals surface area contributed by atoms with Crippen molar-refractivity contribution in [3.05, 3.63) is 23.2 Å². The highest BCUT2D eigenvalue weighted by Gasteiger charge is 2.25. The SMILES string of the molecule is COc1ccc(S(=O)(=O)NCCS(=O)(=O)N2CCCC2)cc1Cl. The van der Waals surface area contributed by atoms with Crippen LogP contribution in [0.4, 0.5) is 0 Å². The van der Waals surface area contributed by atoms with E-state index in [1.54, 1.807) is 0 Å². The Morgan fingerprint density at radius 1 is 1.22 bits per heavy atom. The normalized spacial score (nSPS) is 16.6. The first-order valence-corrected chi connectivity index (χ1v) is 10.5. The van der Waals surface area contributed by atoms with Crippen LogP contribution in [0.1, 0.15) is 12.8 Å². The average molecular weight is 383 g/mol. The van der Waals surface area contributed by atoms with Crippen LogP contribution >= 0.6 is 11.6 Å². The maximum Gasteiger partial charge on any atom is 0.240 e. The van der Waals surface area contributed by atoms with Gasteiger partial charge in [-0.05, 0) is 31.0 Å².